The molecule has 0 bridgehead atoms. The number of benzene rings is 2. The number of amides is 1. The van der Waals surface area contributed by atoms with E-state index in [0.717, 1.165) is 5.56 Å². The molecule has 0 fully saturated rings. The van der Waals surface area contributed by atoms with Crippen LogP contribution in [0.5, 0.6) is 0 Å². The second-order valence-corrected chi connectivity index (χ2v) is 7.44. The number of hydrogen-bond donors (Lipinski definition) is 2. The lowest BCUT2D eigenvalue weighted by atomic mass is 10.0. The second kappa shape index (κ2) is 10.8. The molecule has 0 unspecified atom stereocenters. The van der Waals surface area contributed by atoms with Crippen molar-refractivity contribution in [2.24, 2.45) is 0 Å². The third-order valence-corrected chi connectivity index (χ3v) is 5.11. The summed E-state index contributed by atoms with van der Waals surface area (Å²) in [5, 5.41) is 15.5. The molecule has 0 radical (unpaired) electrons. The van der Waals surface area contributed by atoms with E-state index >= 15 is 0 Å². The number of nitrogens with one attached hydrogen (secondary N) is 2. The first-order valence-electron chi connectivity index (χ1n) is 10.7. The van der Waals surface area contributed by atoms with Crippen molar-refractivity contribution in [3.8, 4) is 17.3 Å². The molecule has 2 aromatic heterocycles. The molecular formula is C26H21FN6O. The van der Waals surface area contributed by atoms with Crippen LogP contribution >= 0.6 is 0 Å². The van der Waals surface area contributed by atoms with Crippen molar-refractivity contribution < 1.29 is 9.18 Å². The molecule has 0 saturated heterocycles. The van der Waals surface area contributed by atoms with Crippen molar-refractivity contribution in [1.29, 1.82) is 5.26 Å². The van der Waals surface area contributed by atoms with Crippen molar-refractivity contribution in [3.63, 3.8) is 0 Å². The normalized spacial score (nSPS) is 10.4. The first-order chi connectivity index (χ1) is 16.6. The van der Waals surface area contributed by atoms with Gasteiger partial charge in [-0.15, -0.1) is 0 Å². The van der Waals surface area contributed by atoms with Crippen LogP contribution in [0.15, 0.2) is 79.3 Å². The summed E-state index contributed by atoms with van der Waals surface area (Å²) in [5.74, 6) is -0.250. The Morgan fingerprint density at radius 2 is 1.94 bits per heavy atom. The summed E-state index contributed by atoms with van der Waals surface area (Å²) in [5.41, 5.74) is 3.53. The van der Waals surface area contributed by atoms with E-state index < -0.39 is 0 Å². The maximum absolute atomic E-state index is 13.5. The molecule has 4 aromatic rings. The van der Waals surface area contributed by atoms with Crippen LogP contribution in [-0.4, -0.2) is 27.4 Å². The van der Waals surface area contributed by atoms with Crippen molar-refractivity contribution in [2.75, 3.05) is 11.9 Å². The molecule has 34 heavy (non-hydrogen) atoms. The lowest BCUT2D eigenvalue weighted by Crippen LogP contribution is -2.25. The Labute approximate surface area is 196 Å². The zero-order chi connectivity index (χ0) is 23.8. The Kier molecular flexibility index (Phi) is 7.16. The Morgan fingerprint density at radius 1 is 1.06 bits per heavy atom. The van der Waals surface area contributed by atoms with Crippen LogP contribution < -0.4 is 10.6 Å². The van der Waals surface area contributed by atoms with Crippen LogP contribution in [0.2, 0.25) is 0 Å². The summed E-state index contributed by atoms with van der Waals surface area (Å²) in [7, 11) is 0. The monoisotopic (exact) mass is 452 g/mol. The summed E-state index contributed by atoms with van der Waals surface area (Å²) >= 11 is 0. The van der Waals surface area contributed by atoms with E-state index in [1.54, 1.807) is 48.9 Å². The van der Waals surface area contributed by atoms with Gasteiger partial charge in [-0.2, -0.15) is 5.26 Å². The number of hydrogen-bond acceptors (Lipinski definition) is 6. The Balaban J connectivity index is 1.58. The summed E-state index contributed by atoms with van der Waals surface area (Å²) in [6, 6.07) is 19.1. The predicted molar refractivity (Wildman–Crippen MR) is 126 cm³/mol. The highest BCUT2D eigenvalue weighted by atomic mass is 19.1. The quantitative estimate of drug-likeness (QED) is 0.417. The van der Waals surface area contributed by atoms with E-state index in [1.165, 1.54) is 12.1 Å². The maximum atomic E-state index is 13.5. The average molecular weight is 452 g/mol. The molecule has 0 aliphatic rings. The highest BCUT2D eigenvalue weighted by molar-refractivity contribution is 5.99. The summed E-state index contributed by atoms with van der Waals surface area (Å²) in [6.45, 7) is 0.651. The number of carbonyl (C=O) groups excluding carboxylic acids is 1. The first-order valence-corrected chi connectivity index (χ1v) is 10.7. The molecule has 0 spiro atoms. The van der Waals surface area contributed by atoms with Crippen LogP contribution in [0.1, 0.15) is 27.2 Å². The van der Waals surface area contributed by atoms with Crippen LogP contribution in [0.3, 0.4) is 0 Å². The standard InChI is InChI=1S/C26H21FN6O/c27-20-6-3-4-18(14-20)10-11-31-25-23(26(34)32-17-21-16-29-12-13-30-21)8-9-24(33-25)22-7-2-1-5-19(22)15-28/h1-9,12-14,16H,10-11,17H2,(H,31,33)(H,32,34). The van der Waals surface area contributed by atoms with E-state index in [1.807, 2.05) is 18.2 Å². The number of aromatic nitrogens is 3. The zero-order valence-corrected chi connectivity index (χ0v) is 18.2. The van der Waals surface area contributed by atoms with E-state index in [4.69, 9.17) is 0 Å². The molecular weight excluding hydrogens is 431 g/mol. The number of carbonyl (C=O) groups is 1. The molecule has 2 heterocycles. The fourth-order valence-electron chi connectivity index (χ4n) is 3.44. The van der Waals surface area contributed by atoms with Gasteiger partial charge in [0.1, 0.15) is 11.6 Å². The Bertz CT molecular complexity index is 1340. The number of halogens is 1. The van der Waals surface area contributed by atoms with Crippen molar-refractivity contribution in [1.82, 2.24) is 20.3 Å². The van der Waals surface area contributed by atoms with Crippen LogP contribution in [-0.2, 0) is 13.0 Å². The molecule has 7 nitrogen and oxygen atoms in total. The van der Waals surface area contributed by atoms with Gasteiger partial charge in [0.2, 0.25) is 0 Å². The van der Waals surface area contributed by atoms with E-state index in [2.05, 4.69) is 31.7 Å². The van der Waals surface area contributed by atoms with Crippen molar-refractivity contribution >= 4 is 11.7 Å². The molecule has 8 heteroatoms. The molecule has 4 rings (SSSR count). The molecule has 2 aromatic carbocycles. The zero-order valence-electron chi connectivity index (χ0n) is 18.2. The van der Waals surface area contributed by atoms with Gasteiger partial charge in [-0.05, 0) is 42.3 Å². The lowest BCUT2D eigenvalue weighted by Gasteiger charge is -2.14. The SMILES string of the molecule is N#Cc1ccccc1-c1ccc(C(=O)NCc2cnccn2)c(NCCc2cccc(F)c2)n1. The number of anilines is 1. The third kappa shape index (κ3) is 5.58. The van der Waals surface area contributed by atoms with Crippen LogP contribution in [0.4, 0.5) is 10.2 Å². The predicted octanol–water partition coefficient (Wildman–Crippen LogP) is 4.13. The minimum Gasteiger partial charge on any atom is -0.369 e. The number of pyridine rings is 1. The van der Waals surface area contributed by atoms with Gasteiger partial charge in [0.25, 0.3) is 5.91 Å². The minimum atomic E-state index is -0.327. The third-order valence-electron chi connectivity index (χ3n) is 5.11. The van der Waals surface area contributed by atoms with Gasteiger partial charge in [0.15, 0.2) is 0 Å². The topological polar surface area (TPSA) is 104 Å². The molecule has 1 amide bonds. The molecule has 168 valence electrons. The number of rotatable bonds is 8. The molecule has 0 aliphatic heterocycles. The van der Waals surface area contributed by atoms with Gasteiger partial charge < -0.3 is 10.6 Å². The minimum absolute atomic E-state index is 0.217. The van der Waals surface area contributed by atoms with Crippen molar-refractivity contribution in [2.45, 2.75) is 13.0 Å². The van der Waals surface area contributed by atoms with Gasteiger partial charge >= 0.3 is 0 Å². The Morgan fingerprint density at radius 3 is 2.74 bits per heavy atom. The fraction of sp³-hybridized carbons (Fsp3) is 0.115. The van der Waals surface area contributed by atoms with Crippen LogP contribution in [0, 0.1) is 17.1 Å². The molecule has 2 N–H and O–H groups in total. The van der Waals surface area contributed by atoms with E-state index in [-0.39, 0.29) is 18.3 Å². The number of nitrogens with zero attached hydrogens (tertiary/aromatic N) is 4. The van der Waals surface area contributed by atoms with Gasteiger partial charge in [0, 0.05) is 24.5 Å². The largest absolute Gasteiger partial charge is 0.369 e. The fourth-order valence-corrected chi connectivity index (χ4v) is 3.44. The highest BCUT2D eigenvalue weighted by Gasteiger charge is 2.16. The number of nitriles is 1. The smallest absolute Gasteiger partial charge is 0.255 e. The van der Waals surface area contributed by atoms with Gasteiger partial charge in [0.05, 0.1) is 41.3 Å². The Hall–Kier alpha value is -4.64. The first kappa shape index (κ1) is 22.6. The van der Waals surface area contributed by atoms with E-state index in [9.17, 15) is 14.4 Å². The second-order valence-electron chi connectivity index (χ2n) is 7.44. The molecule has 0 atom stereocenters. The summed E-state index contributed by atoms with van der Waals surface area (Å²) < 4.78 is 13.5. The summed E-state index contributed by atoms with van der Waals surface area (Å²) in [4.78, 5) is 25.8. The van der Waals surface area contributed by atoms with E-state index in [0.29, 0.717) is 46.9 Å². The molecule has 0 saturated carbocycles. The van der Waals surface area contributed by atoms with Gasteiger partial charge in [-0.1, -0.05) is 30.3 Å². The summed E-state index contributed by atoms with van der Waals surface area (Å²) in [6.07, 6.45) is 5.25. The van der Waals surface area contributed by atoms with Gasteiger partial charge in [-0.3, -0.25) is 14.8 Å². The lowest BCUT2D eigenvalue weighted by molar-refractivity contribution is 0.0951. The van der Waals surface area contributed by atoms with Crippen molar-refractivity contribution in [3.05, 3.63) is 107 Å². The van der Waals surface area contributed by atoms with Crippen LogP contribution in [0.25, 0.3) is 11.3 Å². The maximum Gasteiger partial charge on any atom is 0.255 e. The molecule has 0 aliphatic carbocycles. The van der Waals surface area contributed by atoms with Gasteiger partial charge in [-0.25, -0.2) is 9.37 Å². The highest BCUT2D eigenvalue weighted by Crippen LogP contribution is 2.25. The average Bonchev–Trinajstić information content (AvgIpc) is 2.88.